The fraction of sp³-hybridized carbons (Fsp3) is 0.500. The first-order valence-electron chi connectivity index (χ1n) is 7.47. The molecule has 22 heavy (non-hydrogen) atoms. The largest absolute Gasteiger partial charge is 0.480 e. The van der Waals surface area contributed by atoms with E-state index in [4.69, 9.17) is 5.11 Å². The summed E-state index contributed by atoms with van der Waals surface area (Å²) in [5.74, 6) is -0.924. The van der Waals surface area contributed by atoms with Gasteiger partial charge in [-0.25, -0.2) is 0 Å². The zero-order valence-corrected chi connectivity index (χ0v) is 13.5. The maximum absolute atomic E-state index is 12.4. The number of hydrogen-bond donors (Lipinski definition) is 1. The van der Waals surface area contributed by atoms with Gasteiger partial charge in [-0.1, -0.05) is 12.1 Å². The number of carbonyl (C=O) groups excluding carboxylic acids is 1. The maximum atomic E-state index is 12.4. The number of hydrogen-bond acceptors (Lipinski definition) is 3. The molecule has 1 heterocycles. The molecular formula is C16H21NO4S. The SMILES string of the molecule is CC(C(=O)O)S(=O)Cc1cccc(C(=O)N2CCCCC2)c1. The zero-order chi connectivity index (χ0) is 16.1. The van der Waals surface area contributed by atoms with Gasteiger partial charge >= 0.3 is 5.97 Å². The van der Waals surface area contributed by atoms with Crippen molar-refractivity contribution in [3.63, 3.8) is 0 Å². The first kappa shape index (κ1) is 16.7. The van der Waals surface area contributed by atoms with Gasteiger partial charge in [0.05, 0.1) is 0 Å². The number of rotatable bonds is 5. The molecule has 2 rings (SSSR count). The Morgan fingerprint density at radius 3 is 2.59 bits per heavy atom. The lowest BCUT2D eigenvalue weighted by Crippen LogP contribution is -2.35. The molecule has 2 unspecified atom stereocenters. The molecule has 1 aromatic carbocycles. The highest BCUT2D eigenvalue weighted by Gasteiger charge is 2.21. The molecule has 0 aliphatic carbocycles. The summed E-state index contributed by atoms with van der Waals surface area (Å²) in [5.41, 5.74) is 1.31. The van der Waals surface area contributed by atoms with Crippen LogP contribution in [0.15, 0.2) is 24.3 Å². The van der Waals surface area contributed by atoms with E-state index in [-0.39, 0.29) is 11.7 Å². The van der Waals surface area contributed by atoms with Crippen molar-refractivity contribution >= 4 is 22.7 Å². The Balaban J connectivity index is 2.07. The molecule has 6 heteroatoms. The fourth-order valence-electron chi connectivity index (χ4n) is 2.48. The highest BCUT2D eigenvalue weighted by Crippen LogP contribution is 2.15. The molecule has 120 valence electrons. The van der Waals surface area contributed by atoms with E-state index in [1.807, 2.05) is 4.90 Å². The van der Waals surface area contributed by atoms with E-state index >= 15 is 0 Å². The predicted molar refractivity (Wildman–Crippen MR) is 85.1 cm³/mol. The molecule has 1 amide bonds. The molecule has 1 N–H and O–H groups in total. The summed E-state index contributed by atoms with van der Waals surface area (Å²) >= 11 is 0. The van der Waals surface area contributed by atoms with Gasteiger partial charge in [-0.15, -0.1) is 0 Å². The Morgan fingerprint density at radius 1 is 1.27 bits per heavy atom. The molecule has 0 aromatic heterocycles. The number of benzene rings is 1. The molecule has 0 spiro atoms. The Hall–Kier alpha value is -1.69. The second-order valence-electron chi connectivity index (χ2n) is 5.56. The van der Waals surface area contributed by atoms with Crippen molar-refractivity contribution in [1.82, 2.24) is 4.90 Å². The van der Waals surface area contributed by atoms with Gasteiger partial charge in [0.1, 0.15) is 5.25 Å². The number of nitrogens with zero attached hydrogens (tertiary/aromatic N) is 1. The lowest BCUT2D eigenvalue weighted by Gasteiger charge is -2.26. The number of carboxylic acids is 1. The molecule has 1 saturated heterocycles. The van der Waals surface area contributed by atoms with Gasteiger partial charge in [0.2, 0.25) is 0 Å². The third kappa shape index (κ3) is 4.16. The van der Waals surface area contributed by atoms with Gasteiger partial charge in [0, 0.05) is 35.2 Å². The minimum absolute atomic E-state index is 0.00128. The van der Waals surface area contributed by atoms with Crippen LogP contribution in [0, 0.1) is 0 Å². The van der Waals surface area contributed by atoms with Crippen LogP contribution in [0.4, 0.5) is 0 Å². The summed E-state index contributed by atoms with van der Waals surface area (Å²) in [5, 5.41) is 7.97. The topological polar surface area (TPSA) is 74.7 Å². The van der Waals surface area contributed by atoms with Crippen LogP contribution in [-0.4, -0.2) is 44.4 Å². The highest BCUT2D eigenvalue weighted by molar-refractivity contribution is 7.85. The first-order chi connectivity index (χ1) is 10.5. The van der Waals surface area contributed by atoms with Crippen LogP contribution in [0.1, 0.15) is 42.1 Å². The first-order valence-corrected chi connectivity index (χ1v) is 8.85. The smallest absolute Gasteiger partial charge is 0.318 e. The third-order valence-corrected chi connectivity index (χ3v) is 5.48. The van der Waals surface area contributed by atoms with Crippen molar-refractivity contribution in [2.45, 2.75) is 37.2 Å². The van der Waals surface area contributed by atoms with Crippen molar-refractivity contribution in [2.75, 3.05) is 13.1 Å². The molecule has 0 radical (unpaired) electrons. The Bertz CT molecular complexity index is 581. The normalized spacial score (nSPS) is 17.8. The molecule has 0 saturated carbocycles. The summed E-state index contributed by atoms with van der Waals surface area (Å²) in [6, 6.07) is 7.02. The third-order valence-electron chi connectivity index (χ3n) is 3.87. The minimum Gasteiger partial charge on any atom is -0.480 e. The number of aliphatic carboxylic acids is 1. The van der Waals surface area contributed by atoms with E-state index in [1.54, 1.807) is 24.3 Å². The molecule has 2 atom stereocenters. The van der Waals surface area contributed by atoms with Crippen LogP contribution in [0.2, 0.25) is 0 Å². The van der Waals surface area contributed by atoms with Gasteiger partial charge in [-0.3, -0.25) is 13.8 Å². The van der Waals surface area contributed by atoms with Crippen LogP contribution >= 0.6 is 0 Å². The van der Waals surface area contributed by atoms with E-state index < -0.39 is 22.0 Å². The number of likely N-dealkylation sites (tertiary alicyclic amines) is 1. The quantitative estimate of drug-likeness (QED) is 0.900. The second kappa shape index (κ2) is 7.54. The van der Waals surface area contributed by atoms with Crippen molar-refractivity contribution < 1.29 is 18.9 Å². The van der Waals surface area contributed by atoms with Crippen molar-refractivity contribution in [3.05, 3.63) is 35.4 Å². The molecule has 1 fully saturated rings. The summed E-state index contributed by atoms with van der Waals surface area (Å²) < 4.78 is 12.0. The standard InChI is InChI=1S/C16H21NO4S/c1-12(16(19)20)22(21)11-13-6-5-7-14(10-13)15(18)17-8-3-2-4-9-17/h5-7,10,12H,2-4,8-9,11H2,1H3,(H,19,20). The second-order valence-corrected chi connectivity index (χ2v) is 7.32. The summed E-state index contributed by atoms with van der Waals surface area (Å²) in [6.45, 7) is 3.00. The van der Waals surface area contributed by atoms with Crippen molar-refractivity contribution in [3.8, 4) is 0 Å². The van der Waals surface area contributed by atoms with Gasteiger partial charge in [0.25, 0.3) is 5.91 Å². The number of carboxylic acid groups (broad SMARTS) is 1. The van der Waals surface area contributed by atoms with Crippen LogP contribution in [0.5, 0.6) is 0 Å². The van der Waals surface area contributed by atoms with Crippen molar-refractivity contribution in [1.29, 1.82) is 0 Å². The Morgan fingerprint density at radius 2 is 1.95 bits per heavy atom. The maximum Gasteiger partial charge on any atom is 0.318 e. The lowest BCUT2D eigenvalue weighted by molar-refractivity contribution is -0.136. The number of piperidine rings is 1. The minimum atomic E-state index is -1.50. The summed E-state index contributed by atoms with van der Waals surface area (Å²) in [7, 11) is -1.50. The van der Waals surface area contributed by atoms with E-state index in [0.29, 0.717) is 5.56 Å². The molecule has 1 aliphatic heterocycles. The van der Waals surface area contributed by atoms with Gasteiger partial charge in [-0.2, -0.15) is 0 Å². The lowest BCUT2D eigenvalue weighted by atomic mass is 10.1. The molecule has 1 aliphatic rings. The molecule has 0 bridgehead atoms. The van der Waals surface area contributed by atoms with Crippen LogP contribution < -0.4 is 0 Å². The zero-order valence-electron chi connectivity index (χ0n) is 12.7. The summed E-state index contributed by atoms with van der Waals surface area (Å²) in [4.78, 5) is 25.1. The monoisotopic (exact) mass is 323 g/mol. The predicted octanol–water partition coefficient (Wildman–Crippen LogP) is 2.03. The van der Waals surface area contributed by atoms with E-state index in [9.17, 15) is 13.8 Å². The van der Waals surface area contributed by atoms with Crippen LogP contribution in [0.25, 0.3) is 0 Å². The van der Waals surface area contributed by atoms with Crippen LogP contribution in [-0.2, 0) is 21.3 Å². The van der Waals surface area contributed by atoms with E-state index in [2.05, 4.69) is 0 Å². The Labute approximate surface area is 132 Å². The van der Waals surface area contributed by atoms with Gasteiger partial charge in [-0.05, 0) is 43.9 Å². The average Bonchev–Trinajstić information content (AvgIpc) is 2.54. The number of amides is 1. The summed E-state index contributed by atoms with van der Waals surface area (Å²) in [6.07, 6.45) is 3.23. The Kier molecular flexibility index (Phi) is 5.71. The van der Waals surface area contributed by atoms with Crippen LogP contribution in [0.3, 0.4) is 0 Å². The molecular weight excluding hydrogens is 302 g/mol. The van der Waals surface area contributed by atoms with E-state index in [0.717, 1.165) is 37.9 Å². The average molecular weight is 323 g/mol. The fourth-order valence-corrected chi connectivity index (χ4v) is 3.46. The molecule has 1 aromatic rings. The van der Waals surface area contributed by atoms with Crippen molar-refractivity contribution in [2.24, 2.45) is 0 Å². The number of carbonyl (C=O) groups is 2. The highest BCUT2D eigenvalue weighted by atomic mass is 32.2. The van der Waals surface area contributed by atoms with Gasteiger partial charge in [0.15, 0.2) is 0 Å². The molecule has 5 nitrogen and oxygen atoms in total. The van der Waals surface area contributed by atoms with E-state index in [1.165, 1.54) is 6.92 Å². The van der Waals surface area contributed by atoms with Gasteiger partial charge < -0.3 is 10.0 Å².